The van der Waals surface area contributed by atoms with E-state index in [0.29, 0.717) is 16.9 Å². The van der Waals surface area contributed by atoms with Gasteiger partial charge in [-0.05, 0) is 29.8 Å². The third-order valence-corrected chi connectivity index (χ3v) is 2.82. The fourth-order valence-electron chi connectivity index (χ4n) is 1.81. The summed E-state index contributed by atoms with van der Waals surface area (Å²) in [5.41, 5.74) is 0.464. The Morgan fingerprint density at radius 3 is 2.50 bits per heavy atom. The Labute approximate surface area is 180 Å². The van der Waals surface area contributed by atoms with Crippen LogP contribution in [0.1, 0.15) is 10.5 Å². The molecule has 3 aromatic rings. The minimum Gasteiger partial charge on any atom is -0.545 e. The van der Waals surface area contributed by atoms with E-state index in [1.54, 1.807) is 24.3 Å². The standard InChI is InChI=1S/C14H9FN4O3.2Na/c15-12-10(2-1-7-16-12)8-3-5-9(6-4-8)22-13-11(14(20)21)17-19-18-13;;/h1-7H,(H2,17,18,19,20,21);;/q;2*+1/p-2. The van der Waals surface area contributed by atoms with Crippen molar-refractivity contribution in [2.75, 3.05) is 0 Å². The van der Waals surface area contributed by atoms with Crippen molar-refractivity contribution in [3.8, 4) is 22.8 Å². The minimum absolute atomic E-state index is 0. The van der Waals surface area contributed by atoms with E-state index < -0.39 is 17.6 Å². The maximum atomic E-state index is 13.6. The molecule has 0 atom stereocenters. The second-order valence-electron chi connectivity index (χ2n) is 4.20. The summed E-state index contributed by atoms with van der Waals surface area (Å²) in [5.74, 6) is -2.08. The predicted molar refractivity (Wildman–Crippen MR) is 69.4 cm³/mol. The molecule has 0 saturated heterocycles. The molecule has 3 rings (SSSR count). The Bertz CT molecular complexity index is 827. The van der Waals surface area contributed by atoms with Crippen molar-refractivity contribution in [2.24, 2.45) is 0 Å². The van der Waals surface area contributed by atoms with Crippen molar-refractivity contribution in [3.63, 3.8) is 0 Å². The van der Waals surface area contributed by atoms with Gasteiger partial charge in [0.15, 0.2) is 0 Å². The second-order valence-corrected chi connectivity index (χ2v) is 4.20. The molecule has 0 bridgehead atoms. The molecule has 110 valence electrons. The monoisotopic (exact) mass is 344 g/mol. The summed E-state index contributed by atoms with van der Waals surface area (Å²) in [7, 11) is 0. The number of hydrogen-bond donors (Lipinski definition) is 0. The molecule has 0 aliphatic heterocycles. The predicted octanol–water partition coefficient (Wildman–Crippen LogP) is -5.20. The number of aromatic nitrogens is 4. The second kappa shape index (κ2) is 9.26. The number of hydrogen-bond acceptors (Lipinski definition) is 6. The Morgan fingerprint density at radius 1 is 1.17 bits per heavy atom. The molecule has 0 aliphatic carbocycles. The molecule has 0 unspecified atom stereocenters. The molecule has 0 N–H and O–H groups in total. The van der Waals surface area contributed by atoms with Gasteiger partial charge < -0.3 is 24.8 Å². The van der Waals surface area contributed by atoms with Crippen LogP contribution in [-0.2, 0) is 0 Å². The molecule has 2 heterocycles. The molecule has 0 aliphatic rings. The van der Waals surface area contributed by atoms with Gasteiger partial charge in [-0.25, -0.2) is 4.98 Å². The van der Waals surface area contributed by atoms with E-state index in [1.165, 1.54) is 18.3 Å². The van der Waals surface area contributed by atoms with Gasteiger partial charge in [0, 0.05) is 17.5 Å². The first-order valence-electron chi connectivity index (χ1n) is 6.11. The van der Waals surface area contributed by atoms with Gasteiger partial charge in [-0.3, -0.25) is 5.21 Å². The fourth-order valence-corrected chi connectivity index (χ4v) is 1.81. The number of carboxylic acids is 1. The normalized spacial score (nSPS) is 9.54. The summed E-state index contributed by atoms with van der Waals surface area (Å²) in [6.07, 6.45) is 1.36. The SMILES string of the molecule is O=C([O-])c1nn[n-]c1Oc1ccc(-c2cccnc2F)cc1.[Na+].[Na+]. The van der Waals surface area contributed by atoms with E-state index in [2.05, 4.69) is 20.4 Å². The van der Waals surface area contributed by atoms with Gasteiger partial charge in [-0.1, -0.05) is 12.1 Å². The summed E-state index contributed by atoms with van der Waals surface area (Å²) < 4.78 is 18.8. The average molecular weight is 344 g/mol. The number of pyridine rings is 1. The Hall–Kier alpha value is -1.29. The molecular formula is C14H7FN4Na2O3. The van der Waals surface area contributed by atoms with Crippen LogP contribution in [0, 0.1) is 5.95 Å². The summed E-state index contributed by atoms with van der Waals surface area (Å²) in [6.45, 7) is 0. The number of nitrogens with zero attached hydrogens (tertiary/aromatic N) is 4. The van der Waals surface area contributed by atoms with E-state index in [-0.39, 0.29) is 65.0 Å². The number of rotatable bonds is 4. The smallest absolute Gasteiger partial charge is 0.545 e. The Balaban J connectivity index is 0.00000144. The van der Waals surface area contributed by atoms with Crippen LogP contribution in [0.4, 0.5) is 4.39 Å². The first-order chi connectivity index (χ1) is 10.6. The summed E-state index contributed by atoms with van der Waals surface area (Å²) in [6, 6.07) is 9.51. The van der Waals surface area contributed by atoms with Crippen LogP contribution in [0.25, 0.3) is 11.1 Å². The molecule has 0 amide bonds. The van der Waals surface area contributed by atoms with E-state index in [0.717, 1.165) is 0 Å². The van der Waals surface area contributed by atoms with Gasteiger partial charge in [0.05, 0.1) is 5.97 Å². The van der Waals surface area contributed by atoms with Gasteiger partial charge >= 0.3 is 59.1 Å². The summed E-state index contributed by atoms with van der Waals surface area (Å²) in [4.78, 5) is 14.3. The number of carbonyl (C=O) groups is 1. The molecule has 7 nitrogen and oxygen atoms in total. The summed E-state index contributed by atoms with van der Waals surface area (Å²) in [5, 5.41) is 20.7. The first-order valence-corrected chi connectivity index (χ1v) is 6.11. The molecule has 1 aromatic carbocycles. The Morgan fingerprint density at radius 2 is 1.88 bits per heavy atom. The average Bonchev–Trinajstić information content (AvgIpc) is 2.97. The zero-order chi connectivity index (χ0) is 15.5. The zero-order valence-corrected chi connectivity index (χ0v) is 16.9. The van der Waals surface area contributed by atoms with Crippen LogP contribution in [0.3, 0.4) is 0 Å². The number of benzene rings is 1. The van der Waals surface area contributed by atoms with Crippen molar-refractivity contribution < 1.29 is 78.1 Å². The maximum Gasteiger partial charge on any atom is 1.00 e. The molecule has 2 aromatic heterocycles. The van der Waals surface area contributed by atoms with Crippen molar-refractivity contribution in [1.82, 2.24) is 20.4 Å². The van der Waals surface area contributed by atoms with Crippen LogP contribution >= 0.6 is 0 Å². The molecule has 0 saturated carbocycles. The number of ether oxygens (including phenoxy) is 1. The molecule has 24 heavy (non-hydrogen) atoms. The van der Waals surface area contributed by atoms with Crippen LogP contribution in [0.5, 0.6) is 11.6 Å². The Kier molecular flexibility index (Phi) is 8.01. The minimum atomic E-state index is -1.53. The van der Waals surface area contributed by atoms with E-state index in [9.17, 15) is 14.3 Å². The van der Waals surface area contributed by atoms with Gasteiger partial charge in [-0.2, -0.15) is 4.39 Å². The van der Waals surface area contributed by atoms with Crippen LogP contribution in [0.15, 0.2) is 42.6 Å². The fraction of sp³-hybridized carbons (Fsp3) is 0. The molecule has 0 radical (unpaired) electrons. The van der Waals surface area contributed by atoms with Gasteiger partial charge in [0.1, 0.15) is 11.6 Å². The first kappa shape index (κ1) is 20.8. The molecule has 0 spiro atoms. The number of carbonyl (C=O) groups excluding carboxylic acids is 1. The van der Waals surface area contributed by atoms with Crippen molar-refractivity contribution in [3.05, 3.63) is 54.2 Å². The largest absolute Gasteiger partial charge is 1.00 e. The zero-order valence-electron chi connectivity index (χ0n) is 12.9. The summed E-state index contributed by atoms with van der Waals surface area (Å²) >= 11 is 0. The topological polar surface area (TPSA) is 102 Å². The van der Waals surface area contributed by atoms with Crippen LogP contribution in [0.2, 0.25) is 0 Å². The van der Waals surface area contributed by atoms with Gasteiger partial charge in [0.25, 0.3) is 0 Å². The van der Waals surface area contributed by atoms with Crippen LogP contribution < -0.4 is 74.1 Å². The van der Waals surface area contributed by atoms with Gasteiger partial charge in [0.2, 0.25) is 5.95 Å². The molecule has 0 fully saturated rings. The van der Waals surface area contributed by atoms with Crippen LogP contribution in [-0.4, -0.2) is 21.3 Å². The third-order valence-electron chi connectivity index (χ3n) is 2.82. The van der Waals surface area contributed by atoms with Gasteiger partial charge in [-0.15, -0.1) is 0 Å². The van der Waals surface area contributed by atoms with Crippen molar-refractivity contribution in [2.45, 2.75) is 0 Å². The van der Waals surface area contributed by atoms with E-state index in [1.807, 2.05) is 0 Å². The number of aromatic carboxylic acids is 1. The van der Waals surface area contributed by atoms with E-state index >= 15 is 0 Å². The molecular weight excluding hydrogens is 337 g/mol. The maximum absolute atomic E-state index is 13.6. The third kappa shape index (κ3) is 4.62. The van der Waals surface area contributed by atoms with E-state index in [4.69, 9.17) is 4.74 Å². The number of halogens is 1. The van der Waals surface area contributed by atoms with Crippen molar-refractivity contribution >= 4 is 5.97 Å². The quantitative estimate of drug-likeness (QED) is 0.344. The molecule has 10 heteroatoms. The van der Waals surface area contributed by atoms with Crippen molar-refractivity contribution in [1.29, 1.82) is 0 Å². The number of carboxylic acid groups (broad SMARTS) is 1.